The van der Waals surface area contributed by atoms with Crippen molar-refractivity contribution in [1.29, 1.82) is 5.26 Å². The number of nitriles is 1. The van der Waals surface area contributed by atoms with Gasteiger partial charge in [0.05, 0.1) is 18.1 Å². The van der Waals surface area contributed by atoms with Gasteiger partial charge in [0.15, 0.2) is 6.61 Å². The Morgan fingerprint density at radius 2 is 1.70 bits per heavy atom. The Labute approximate surface area is 174 Å². The molecule has 0 spiro atoms. The zero-order chi connectivity index (χ0) is 22.1. The third-order valence-corrected chi connectivity index (χ3v) is 3.60. The average molecular weight is 409 g/mol. The third kappa shape index (κ3) is 7.64. The fourth-order valence-corrected chi connectivity index (χ4v) is 2.35. The molecule has 0 unspecified atom stereocenters. The van der Waals surface area contributed by atoms with Gasteiger partial charge in [0, 0.05) is 11.4 Å². The van der Waals surface area contributed by atoms with Crippen molar-refractivity contribution in [2.24, 2.45) is 0 Å². The van der Waals surface area contributed by atoms with E-state index in [1.807, 2.05) is 6.07 Å². The molecule has 0 radical (unpaired) electrons. The van der Waals surface area contributed by atoms with Crippen molar-refractivity contribution in [2.45, 2.75) is 32.8 Å². The van der Waals surface area contributed by atoms with Crippen LogP contribution < -0.4 is 10.6 Å². The van der Waals surface area contributed by atoms with E-state index in [1.165, 1.54) is 12.1 Å². The summed E-state index contributed by atoms with van der Waals surface area (Å²) < 4.78 is 10.2. The highest BCUT2D eigenvalue weighted by molar-refractivity contribution is 5.96. The van der Waals surface area contributed by atoms with Crippen molar-refractivity contribution < 1.29 is 23.9 Å². The molecule has 30 heavy (non-hydrogen) atoms. The molecule has 0 aliphatic heterocycles. The maximum Gasteiger partial charge on any atom is 0.412 e. The van der Waals surface area contributed by atoms with Crippen molar-refractivity contribution in [3.63, 3.8) is 0 Å². The fraction of sp³-hybridized carbons (Fsp3) is 0.273. The molecule has 0 atom stereocenters. The first-order valence-electron chi connectivity index (χ1n) is 9.19. The minimum absolute atomic E-state index is 0.178. The van der Waals surface area contributed by atoms with Gasteiger partial charge < -0.3 is 14.8 Å². The summed E-state index contributed by atoms with van der Waals surface area (Å²) in [5, 5.41) is 13.8. The van der Waals surface area contributed by atoms with Crippen LogP contribution in [0.3, 0.4) is 0 Å². The van der Waals surface area contributed by atoms with Gasteiger partial charge in [0.25, 0.3) is 5.91 Å². The maximum atomic E-state index is 12.2. The summed E-state index contributed by atoms with van der Waals surface area (Å²) in [7, 11) is 0. The number of rotatable bonds is 6. The predicted octanol–water partition coefficient (Wildman–Crippen LogP) is 3.90. The van der Waals surface area contributed by atoms with E-state index in [1.54, 1.807) is 57.2 Å². The van der Waals surface area contributed by atoms with Crippen LogP contribution in [-0.4, -0.2) is 30.2 Å². The number of carbonyl (C=O) groups is 3. The van der Waals surface area contributed by atoms with E-state index in [2.05, 4.69) is 10.6 Å². The summed E-state index contributed by atoms with van der Waals surface area (Å²) in [5.74, 6) is -1.21. The van der Waals surface area contributed by atoms with Crippen molar-refractivity contribution >= 4 is 29.3 Å². The summed E-state index contributed by atoms with van der Waals surface area (Å²) in [6, 6.07) is 14.9. The fourth-order valence-electron chi connectivity index (χ4n) is 2.35. The molecule has 0 fully saturated rings. The van der Waals surface area contributed by atoms with Crippen LogP contribution in [0.25, 0.3) is 0 Å². The molecular weight excluding hydrogens is 386 g/mol. The Morgan fingerprint density at radius 1 is 1.00 bits per heavy atom. The van der Waals surface area contributed by atoms with Crippen LogP contribution in [0.1, 0.15) is 36.7 Å². The number of amides is 2. The smallest absolute Gasteiger partial charge is 0.412 e. The first-order chi connectivity index (χ1) is 14.2. The number of hydrogen-bond donors (Lipinski definition) is 2. The number of ether oxygens (including phenoxy) is 2. The van der Waals surface area contributed by atoms with Gasteiger partial charge >= 0.3 is 12.1 Å². The van der Waals surface area contributed by atoms with Crippen molar-refractivity contribution in [3.8, 4) is 6.07 Å². The highest BCUT2D eigenvalue weighted by Crippen LogP contribution is 2.15. The molecule has 8 heteroatoms. The van der Waals surface area contributed by atoms with Crippen LogP contribution in [0.4, 0.5) is 16.2 Å². The lowest BCUT2D eigenvalue weighted by Gasteiger charge is -2.19. The van der Waals surface area contributed by atoms with Crippen LogP contribution in [0.15, 0.2) is 48.5 Å². The van der Waals surface area contributed by atoms with Gasteiger partial charge in [-0.2, -0.15) is 5.26 Å². The number of carbonyl (C=O) groups excluding carboxylic acids is 3. The topological polar surface area (TPSA) is 118 Å². The van der Waals surface area contributed by atoms with E-state index < -0.39 is 30.2 Å². The summed E-state index contributed by atoms with van der Waals surface area (Å²) in [6.45, 7) is 4.76. The predicted molar refractivity (Wildman–Crippen MR) is 111 cm³/mol. The van der Waals surface area contributed by atoms with Crippen LogP contribution in [-0.2, 0) is 20.7 Å². The van der Waals surface area contributed by atoms with E-state index in [4.69, 9.17) is 14.7 Å². The Morgan fingerprint density at radius 3 is 2.33 bits per heavy atom. The Bertz CT molecular complexity index is 956. The average Bonchev–Trinajstić information content (AvgIpc) is 2.66. The molecule has 0 saturated heterocycles. The second-order valence-electron chi connectivity index (χ2n) is 7.36. The molecule has 0 aromatic heterocycles. The minimum Gasteiger partial charge on any atom is -0.452 e. The van der Waals surface area contributed by atoms with Crippen LogP contribution in [0.5, 0.6) is 0 Å². The Hall–Kier alpha value is -3.86. The highest BCUT2D eigenvalue weighted by Gasteiger charge is 2.17. The molecule has 0 aliphatic carbocycles. The van der Waals surface area contributed by atoms with E-state index in [9.17, 15) is 14.4 Å². The third-order valence-electron chi connectivity index (χ3n) is 3.60. The first-order valence-corrected chi connectivity index (χ1v) is 9.19. The van der Waals surface area contributed by atoms with Crippen molar-refractivity contribution in [3.05, 3.63) is 59.7 Å². The van der Waals surface area contributed by atoms with E-state index in [-0.39, 0.29) is 12.0 Å². The second-order valence-corrected chi connectivity index (χ2v) is 7.36. The monoisotopic (exact) mass is 409 g/mol. The Balaban J connectivity index is 1.87. The zero-order valence-electron chi connectivity index (χ0n) is 17.0. The molecule has 2 rings (SSSR count). The van der Waals surface area contributed by atoms with Gasteiger partial charge in [-0.3, -0.25) is 10.1 Å². The molecule has 8 nitrogen and oxygen atoms in total. The molecule has 2 amide bonds. The SMILES string of the molecule is CC(C)(C)OC(=O)Nc1cccc(C(=O)OCC(=O)Nc2ccc(CC#N)cc2)c1. The number of hydrogen-bond acceptors (Lipinski definition) is 6. The van der Waals surface area contributed by atoms with Gasteiger partial charge in [-0.25, -0.2) is 9.59 Å². The van der Waals surface area contributed by atoms with Gasteiger partial charge in [-0.1, -0.05) is 18.2 Å². The molecule has 156 valence electrons. The molecule has 2 aromatic rings. The van der Waals surface area contributed by atoms with Gasteiger partial charge in [-0.15, -0.1) is 0 Å². The lowest BCUT2D eigenvalue weighted by molar-refractivity contribution is -0.119. The summed E-state index contributed by atoms with van der Waals surface area (Å²) in [4.78, 5) is 36.0. The van der Waals surface area contributed by atoms with E-state index in [0.717, 1.165) is 5.56 Å². The quantitative estimate of drug-likeness (QED) is 0.699. The largest absolute Gasteiger partial charge is 0.452 e. The number of anilines is 2. The number of esters is 1. The van der Waals surface area contributed by atoms with Crippen molar-refractivity contribution in [2.75, 3.05) is 17.2 Å². The first kappa shape index (κ1) is 22.4. The number of nitrogens with one attached hydrogen (secondary N) is 2. The minimum atomic E-state index is -0.706. The van der Waals surface area contributed by atoms with Gasteiger partial charge in [0.2, 0.25) is 0 Å². The van der Waals surface area contributed by atoms with Crippen LogP contribution in [0.2, 0.25) is 0 Å². The molecule has 0 heterocycles. The summed E-state index contributed by atoms with van der Waals surface area (Å²) >= 11 is 0. The van der Waals surface area contributed by atoms with Crippen LogP contribution >= 0.6 is 0 Å². The van der Waals surface area contributed by atoms with Crippen molar-refractivity contribution in [1.82, 2.24) is 0 Å². The lowest BCUT2D eigenvalue weighted by atomic mass is 10.1. The summed E-state index contributed by atoms with van der Waals surface area (Å²) in [5.41, 5.74) is 1.25. The zero-order valence-corrected chi connectivity index (χ0v) is 17.0. The van der Waals surface area contributed by atoms with Gasteiger partial charge in [0.1, 0.15) is 5.60 Å². The molecule has 2 N–H and O–H groups in total. The second kappa shape index (κ2) is 10.1. The normalized spacial score (nSPS) is 10.5. The van der Waals surface area contributed by atoms with E-state index >= 15 is 0 Å². The number of benzene rings is 2. The van der Waals surface area contributed by atoms with Gasteiger partial charge in [-0.05, 0) is 56.7 Å². The Kier molecular flexibility index (Phi) is 7.53. The standard InChI is InChI=1S/C22H23N3O5/c1-22(2,3)30-21(28)25-18-6-4-5-16(13-18)20(27)29-14-19(26)24-17-9-7-15(8-10-17)11-12-23/h4-10,13H,11,14H2,1-3H3,(H,24,26)(H,25,28). The molecule has 0 saturated carbocycles. The highest BCUT2D eigenvalue weighted by atomic mass is 16.6. The molecular formula is C22H23N3O5. The molecule has 0 aliphatic rings. The number of nitrogens with zero attached hydrogens (tertiary/aromatic N) is 1. The van der Waals surface area contributed by atoms with Crippen LogP contribution in [0, 0.1) is 11.3 Å². The molecule has 0 bridgehead atoms. The lowest BCUT2D eigenvalue weighted by Crippen LogP contribution is -2.27. The van der Waals surface area contributed by atoms with E-state index in [0.29, 0.717) is 11.4 Å². The molecule has 2 aromatic carbocycles. The summed E-state index contributed by atoms with van der Waals surface area (Å²) in [6.07, 6.45) is -0.360. The maximum absolute atomic E-state index is 12.2.